The van der Waals surface area contributed by atoms with Crippen LogP contribution in [-0.2, 0) is 26.1 Å². The van der Waals surface area contributed by atoms with E-state index in [0.29, 0.717) is 10.5 Å². The Kier molecular flexibility index (Phi) is 7.60. The second kappa shape index (κ2) is 10.7. The molecule has 37 heavy (non-hydrogen) atoms. The Morgan fingerprint density at radius 2 is 1.70 bits per heavy atom. The molecule has 4 aromatic rings. The molecule has 1 amide bonds. The zero-order valence-corrected chi connectivity index (χ0v) is 22.6. The highest BCUT2D eigenvalue weighted by atomic mass is 32.2. The number of nitrogens with zero attached hydrogens (tertiary/aromatic N) is 3. The lowest BCUT2D eigenvalue weighted by molar-refractivity contribution is -0.143. The molecule has 0 saturated heterocycles. The number of thiazole rings is 1. The van der Waals surface area contributed by atoms with Crippen LogP contribution in [0.25, 0.3) is 10.2 Å². The Morgan fingerprint density at radius 3 is 2.35 bits per heavy atom. The summed E-state index contributed by atoms with van der Waals surface area (Å²) >= 11 is 1.31. The average molecular weight is 538 g/mol. The second-order valence-corrected chi connectivity index (χ2v) is 11.4. The number of aryl methyl sites for hydroxylation is 2. The molecule has 0 spiro atoms. The van der Waals surface area contributed by atoms with Crippen molar-refractivity contribution in [1.29, 1.82) is 0 Å². The van der Waals surface area contributed by atoms with Gasteiger partial charge >= 0.3 is 5.97 Å². The van der Waals surface area contributed by atoms with E-state index in [-0.39, 0.29) is 23.6 Å². The van der Waals surface area contributed by atoms with Gasteiger partial charge in [-0.25, -0.2) is 8.42 Å². The van der Waals surface area contributed by atoms with Crippen molar-refractivity contribution in [2.75, 3.05) is 18.0 Å². The number of hydrogen-bond donors (Lipinski definition) is 0. The smallest absolute Gasteiger partial charge is 0.326 e. The number of para-hydroxylation sites is 1. The lowest BCUT2D eigenvalue weighted by Crippen LogP contribution is -2.26. The molecule has 10 heteroatoms. The molecule has 1 aromatic heterocycles. The van der Waals surface area contributed by atoms with E-state index in [9.17, 15) is 18.0 Å². The molecular formula is C27H27N3O5S2. The summed E-state index contributed by atoms with van der Waals surface area (Å²) in [6.07, 6.45) is 0. The lowest BCUT2D eigenvalue weighted by Gasteiger charge is -2.19. The van der Waals surface area contributed by atoms with Crippen LogP contribution in [0.1, 0.15) is 28.4 Å². The van der Waals surface area contributed by atoms with Gasteiger partial charge in [0.15, 0.2) is 4.80 Å². The van der Waals surface area contributed by atoms with Crippen molar-refractivity contribution in [2.45, 2.75) is 32.2 Å². The topological polar surface area (TPSA) is 98.0 Å². The average Bonchev–Trinajstić information content (AvgIpc) is 3.20. The molecule has 0 aliphatic carbocycles. The fraction of sp³-hybridized carbons (Fsp3) is 0.222. The third-order valence-electron chi connectivity index (χ3n) is 5.78. The molecule has 0 saturated carbocycles. The minimum atomic E-state index is -3.81. The molecular weight excluding hydrogens is 510 g/mol. The third-order valence-corrected chi connectivity index (χ3v) is 8.61. The quantitative estimate of drug-likeness (QED) is 0.325. The number of rotatable bonds is 7. The number of carbonyl (C=O) groups excluding carboxylic acids is 2. The van der Waals surface area contributed by atoms with Crippen LogP contribution >= 0.6 is 11.3 Å². The Balaban J connectivity index is 1.70. The number of sulfonamides is 1. The minimum absolute atomic E-state index is 0.0562. The third kappa shape index (κ3) is 5.50. The maximum absolute atomic E-state index is 13.1. The van der Waals surface area contributed by atoms with E-state index in [0.717, 1.165) is 21.3 Å². The Hall–Kier alpha value is -3.76. The fourth-order valence-electron chi connectivity index (χ4n) is 4.02. The summed E-state index contributed by atoms with van der Waals surface area (Å²) in [4.78, 5) is 30.1. The predicted molar refractivity (Wildman–Crippen MR) is 144 cm³/mol. The van der Waals surface area contributed by atoms with Crippen molar-refractivity contribution in [1.82, 2.24) is 4.57 Å². The molecule has 3 aromatic carbocycles. The minimum Gasteiger partial charge on any atom is -0.465 e. The summed E-state index contributed by atoms with van der Waals surface area (Å²) in [6, 6.07) is 18.4. The van der Waals surface area contributed by atoms with E-state index in [1.165, 1.54) is 47.0 Å². The van der Waals surface area contributed by atoms with E-state index >= 15 is 0 Å². The standard InChI is InChI=1S/C27H27N3O5S2/c1-5-35-24(31)17-30-25-19(3)15-18(2)16-23(25)36-27(30)28-26(32)20-11-13-22(14-12-20)37(33,34)29(4)21-9-7-6-8-10-21/h6-16H,5,17H2,1-4H3. The van der Waals surface area contributed by atoms with Gasteiger partial charge in [0.25, 0.3) is 15.9 Å². The zero-order chi connectivity index (χ0) is 26.7. The maximum Gasteiger partial charge on any atom is 0.326 e. The van der Waals surface area contributed by atoms with Gasteiger partial charge in [0, 0.05) is 12.6 Å². The Morgan fingerprint density at radius 1 is 1.03 bits per heavy atom. The van der Waals surface area contributed by atoms with Crippen molar-refractivity contribution < 1.29 is 22.7 Å². The van der Waals surface area contributed by atoms with Gasteiger partial charge in [-0.1, -0.05) is 35.6 Å². The molecule has 0 aliphatic rings. The van der Waals surface area contributed by atoms with Gasteiger partial charge in [-0.3, -0.25) is 13.9 Å². The van der Waals surface area contributed by atoms with Crippen LogP contribution in [-0.4, -0.2) is 38.5 Å². The summed E-state index contributed by atoms with van der Waals surface area (Å²) in [7, 11) is -2.33. The van der Waals surface area contributed by atoms with E-state index in [1.807, 2.05) is 32.0 Å². The molecule has 0 radical (unpaired) electrons. The number of amides is 1. The Bertz CT molecular complexity index is 1640. The van der Waals surface area contributed by atoms with Gasteiger partial charge < -0.3 is 9.30 Å². The van der Waals surface area contributed by atoms with Crippen LogP contribution in [0.15, 0.2) is 76.6 Å². The van der Waals surface area contributed by atoms with Crippen molar-refractivity contribution in [2.24, 2.45) is 4.99 Å². The number of fused-ring (bicyclic) bond motifs is 1. The molecule has 0 aliphatic heterocycles. The fourth-order valence-corrected chi connectivity index (χ4v) is 6.41. The number of anilines is 1. The lowest BCUT2D eigenvalue weighted by atomic mass is 10.1. The van der Waals surface area contributed by atoms with Gasteiger partial charge in [0.1, 0.15) is 6.54 Å². The second-order valence-electron chi connectivity index (χ2n) is 8.45. The first-order chi connectivity index (χ1) is 17.6. The van der Waals surface area contributed by atoms with Crippen LogP contribution in [0.4, 0.5) is 5.69 Å². The number of aromatic nitrogens is 1. The van der Waals surface area contributed by atoms with E-state index in [2.05, 4.69) is 4.99 Å². The van der Waals surface area contributed by atoms with Crippen molar-refractivity contribution >= 4 is 49.1 Å². The van der Waals surface area contributed by atoms with Crippen molar-refractivity contribution in [3.8, 4) is 0 Å². The van der Waals surface area contributed by atoms with Gasteiger partial charge in [0.2, 0.25) is 0 Å². The molecule has 0 bridgehead atoms. The first-order valence-electron chi connectivity index (χ1n) is 11.6. The van der Waals surface area contributed by atoms with Crippen LogP contribution in [0.5, 0.6) is 0 Å². The first-order valence-corrected chi connectivity index (χ1v) is 13.9. The summed E-state index contributed by atoms with van der Waals surface area (Å²) in [5, 5.41) is 0. The van der Waals surface area contributed by atoms with Gasteiger partial charge in [0.05, 0.1) is 27.4 Å². The number of esters is 1. The summed E-state index contributed by atoms with van der Waals surface area (Å²) in [6.45, 7) is 5.83. The monoisotopic (exact) mass is 537 g/mol. The van der Waals surface area contributed by atoms with E-state index in [4.69, 9.17) is 4.74 Å². The molecule has 0 atom stereocenters. The van der Waals surface area contributed by atoms with Crippen LogP contribution < -0.4 is 9.11 Å². The maximum atomic E-state index is 13.1. The number of hydrogen-bond acceptors (Lipinski definition) is 6. The number of carbonyl (C=O) groups is 2. The Labute approximate surface area is 219 Å². The van der Waals surface area contributed by atoms with E-state index in [1.54, 1.807) is 35.8 Å². The molecule has 0 unspecified atom stereocenters. The predicted octanol–water partition coefficient (Wildman–Crippen LogP) is 4.45. The largest absolute Gasteiger partial charge is 0.465 e. The van der Waals surface area contributed by atoms with Crippen LogP contribution in [0, 0.1) is 13.8 Å². The summed E-state index contributed by atoms with van der Waals surface area (Å²) in [5.41, 5.74) is 3.60. The highest BCUT2D eigenvalue weighted by Gasteiger charge is 2.22. The zero-order valence-electron chi connectivity index (χ0n) is 21.0. The van der Waals surface area contributed by atoms with Gasteiger partial charge in [-0.05, 0) is 74.4 Å². The summed E-state index contributed by atoms with van der Waals surface area (Å²) < 4.78 is 35.0. The van der Waals surface area contributed by atoms with Crippen molar-refractivity contribution in [3.05, 3.63) is 88.2 Å². The molecule has 8 nitrogen and oxygen atoms in total. The van der Waals surface area contributed by atoms with Crippen LogP contribution in [0.2, 0.25) is 0 Å². The number of benzene rings is 3. The molecule has 0 fully saturated rings. The summed E-state index contributed by atoms with van der Waals surface area (Å²) in [5.74, 6) is -0.966. The molecule has 1 heterocycles. The molecule has 0 N–H and O–H groups in total. The molecule has 4 rings (SSSR count). The normalized spacial score (nSPS) is 12.1. The SMILES string of the molecule is CCOC(=O)Cn1c(=NC(=O)c2ccc(S(=O)(=O)N(C)c3ccccc3)cc2)sc2cc(C)cc(C)c21. The first kappa shape index (κ1) is 26.3. The van der Waals surface area contributed by atoms with E-state index < -0.39 is 21.9 Å². The van der Waals surface area contributed by atoms with Crippen LogP contribution in [0.3, 0.4) is 0 Å². The molecule has 192 valence electrons. The van der Waals surface area contributed by atoms with Gasteiger partial charge in [-0.15, -0.1) is 0 Å². The van der Waals surface area contributed by atoms with Crippen molar-refractivity contribution in [3.63, 3.8) is 0 Å². The highest BCUT2D eigenvalue weighted by Crippen LogP contribution is 2.24. The highest BCUT2D eigenvalue weighted by molar-refractivity contribution is 7.92. The van der Waals surface area contributed by atoms with Gasteiger partial charge in [-0.2, -0.15) is 4.99 Å². The number of ether oxygens (including phenoxy) is 1.